The molecule has 1 N–H and O–H groups in total. The van der Waals surface area contributed by atoms with Gasteiger partial charge in [0.15, 0.2) is 0 Å². The third-order valence-electron chi connectivity index (χ3n) is 2.71. The first-order valence-electron chi connectivity index (χ1n) is 5.74. The summed E-state index contributed by atoms with van der Waals surface area (Å²) in [4.78, 5) is 10.8. The second-order valence-electron chi connectivity index (χ2n) is 4.12. The third kappa shape index (κ3) is 2.86. The van der Waals surface area contributed by atoms with E-state index in [1.807, 2.05) is 54.6 Å². The highest BCUT2D eigenvalue weighted by molar-refractivity contribution is 5.91. The van der Waals surface area contributed by atoms with Crippen LogP contribution in [0.3, 0.4) is 0 Å². The van der Waals surface area contributed by atoms with Crippen molar-refractivity contribution in [1.29, 1.82) is 0 Å². The number of carboxylic acids is 1. The third-order valence-corrected chi connectivity index (χ3v) is 2.71. The van der Waals surface area contributed by atoms with Crippen LogP contribution < -0.4 is 0 Å². The average molecular weight is 238 g/mol. The maximum absolute atomic E-state index is 10.8. The molecule has 0 radical (unpaired) electrons. The minimum atomic E-state index is -0.889. The van der Waals surface area contributed by atoms with E-state index in [0.717, 1.165) is 16.7 Å². The van der Waals surface area contributed by atoms with Gasteiger partial charge in [0.1, 0.15) is 0 Å². The molecule has 0 bridgehead atoms. The zero-order valence-corrected chi connectivity index (χ0v) is 10.1. The van der Waals surface area contributed by atoms with Crippen LogP contribution in [0.25, 0.3) is 17.2 Å². The van der Waals surface area contributed by atoms with Crippen LogP contribution in [0, 0.1) is 0 Å². The van der Waals surface area contributed by atoms with Crippen molar-refractivity contribution in [3.63, 3.8) is 0 Å². The Bertz CT molecular complexity index is 583. The van der Waals surface area contributed by atoms with E-state index in [1.165, 1.54) is 0 Å². The number of carbonyl (C=O) groups is 1. The number of aliphatic carboxylic acids is 1. The molecule has 0 aliphatic rings. The van der Waals surface area contributed by atoms with Crippen molar-refractivity contribution in [2.45, 2.75) is 6.92 Å². The highest BCUT2D eigenvalue weighted by Gasteiger charge is 2.01. The van der Waals surface area contributed by atoms with E-state index in [0.29, 0.717) is 5.57 Å². The summed E-state index contributed by atoms with van der Waals surface area (Å²) in [6.45, 7) is 1.59. The first-order valence-corrected chi connectivity index (χ1v) is 5.74. The quantitative estimate of drug-likeness (QED) is 0.825. The van der Waals surface area contributed by atoms with E-state index in [-0.39, 0.29) is 0 Å². The molecule has 2 aromatic carbocycles. The lowest BCUT2D eigenvalue weighted by atomic mass is 10.0. The van der Waals surface area contributed by atoms with Crippen LogP contribution in [0.15, 0.2) is 60.2 Å². The number of carboxylic acid groups (broad SMARTS) is 1. The lowest BCUT2D eigenvalue weighted by Crippen LogP contribution is -1.95. The molecule has 0 saturated carbocycles. The lowest BCUT2D eigenvalue weighted by molar-refractivity contribution is -0.132. The van der Waals surface area contributed by atoms with Crippen molar-refractivity contribution >= 4 is 12.0 Å². The van der Waals surface area contributed by atoms with E-state index >= 15 is 0 Å². The second kappa shape index (κ2) is 5.32. The monoisotopic (exact) mass is 238 g/mol. The Morgan fingerprint density at radius 1 is 1.00 bits per heavy atom. The van der Waals surface area contributed by atoms with E-state index in [4.69, 9.17) is 5.11 Å². The molecule has 2 aromatic rings. The van der Waals surface area contributed by atoms with Gasteiger partial charge in [-0.3, -0.25) is 0 Å². The van der Waals surface area contributed by atoms with Gasteiger partial charge in [-0.05, 0) is 35.8 Å². The maximum atomic E-state index is 10.8. The van der Waals surface area contributed by atoms with Crippen molar-refractivity contribution in [1.82, 2.24) is 0 Å². The Kier molecular flexibility index (Phi) is 3.58. The van der Waals surface area contributed by atoms with Gasteiger partial charge in [-0.15, -0.1) is 0 Å². The minimum Gasteiger partial charge on any atom is -0.478 e. The van der Waals surface area contributed by atoms with Gasteiger partial charge in [-0.2, -0.15) is 0 Å². The standard InChI is InChI=1S/C16H14O2/c1-12(16(17)18)10-13-6-5-9-15(11-13)14-7-3-2-4-8-14/h2-11H,1H3,(H,17,18). The predicted octanol–water partition coefficient (Wildman–Crippen LogP) is 3.84. The van der Waals surface area contributed by atoms with Gasteiger partial charge in [0, 0.05) is 5.57 Å². The van der Waals surface area contributed by atoms with Crippen molar-refractivity contribution in [3.8, 4) is 11.1 Å². The smallest absolute Gasteiger partial charge is 0.331 e. The summed E-state index contributed by atoms with van der Waals surface area (Å²) in [6.07, 6.45) is 1.68. The normalized spacial score (nSPS) is 11.3. The molecule has 18 heavy (non-hydrogen) atoms. The van der Waals surface area contributed by atoms with Crippen LogP contribution in [0.1, 0.15) is 12.5 Å². The number of hydrogen-bond donors (Lipinski definition) is 1. The Balaban J connectivity index is 2.37. The minimum absolute atomic E-state index is 0.334. The second-order valence-corrected chi connectivity index (χ2v) is 4.12. The SMILES string of the molecule is CC(=Cc1cccc(-c2ccccc2)c1)C(=O)O. The maximum Gasteiger partial charge on any atom is 0.331 e. The van der Waals surface area contributed by atoms with Crippen LogP contribution in [0.4, 0.5) is 0 Å². The van der Waals surface area contributed by atoms with E-state index in [9.17, 15) is 4.79 Å². The molecule has 0 amide bonds. The number of benzene rings is 2. The summed E-state index contributed by atoms with van der Waals surface area (Å²) in [5, 5.41) is 8.86. The van der Waals surface area contributed by atoms with Crippen LogP contribution in [0.5, 0.6) is 0 Å². The van der Waals surface area contributed by atoms with Crippen LogP contribution in [0.2, 0.25) is 0 Å². The predicted molar refractivity (Wildman–Crippen MR) is 73.2 cm³/mol. The molecule has 2 heteroatoms. The molecule has 0 saturated heterocycles. The summed E-state index contributed by atoms with van der Waals surface area (Å²) in [5.74, 6) is -0.889. The first-order chi connectivity index (χ1) is 8.66. The number of hydrogen-bond acceptors (Lipinski definition) is 1. The lowest BCUT2D eigenvalue weighted by Gasteiger charge is -2.03. The Hall–Kier alpha value is -2.35. The van der Waals surface area contributed by atoms with Crippen LogP contribution in [-0.2, 0) is 4.79 Å². The summed E-state index contributed by atoms with van der Waals surface area (Å²) in [5.41, 5.74) is 3.44. The molecule has 2 nitrogen and oxygen atoms in total. The van der Waals surface area contributed by atoms with Gasteiger partial charge < -0.3 is 5.11 Å². The molecule has 0 unspecified atom stereocenters. The summed E-state index contributed by atoms with van der Waals surface area (Å²) in [6, 6.07) is 17.9. The highest BCUT2D eigenvalue weighted by Crippen LogP contribution is 2.21. The summed E-state index contributed by atoms with van der Waals surface area (Å²) < 4.78 is 0. The van der Waals surface area contributed by atoms with Gasteiger partial charge in [0.25, 0.3) is 0 Å². The molecule has 0 spiro atoms. The van der Waals surface area contributed by atoms with Gasteiger partial charge in [0.05, 0.1) is 0 Å². The zero-order valence-electron chi connectivity index (χ0n) is 10.1. The van der Waals surface area contributed by atoms with Gasteiger partial charge in [-0.25, -0.2) is 4.79 Å². The molecule has 90 valence electrons. The first kappa shape index (κ1) is 12.1. The van der Waals surface area contributed by atoms with Gasteiger partial charge >= 0.3 is 5.97 Å². The fourth-order valence-electron chi connectivity index (χ4n) is 1.75. The van der Waals surface area contributed by atoms with Crippen LogP contribution >= 0.6 is 0 Å². The Labute approximate surface area is 106 Å². The topological polar surface area (TPSA) is 37.3 Å². The largest absolute Gasteiger partial charge is 0.478 e. The molecular formula is C16H14O2. The van der Waals surface area contributed by atoms with Crippen molar-refractivity contribution in [2.75, 3.05) is 0 Å². The molecule has 0 aliphatic heterocycles. The zero-order chi connectivity index (χ0) is 13.0. The van der Waals surface area contributed by atoms with Gasteiger partial charge in [0.2, 0.25) is 0 Å². The van der Waals surface area contributed by atoms with Crippen molar-refractivity contribution < 1.29 is 9.90 Å². The molecule has 0 aliphatic carbocycles. The molecule has 2 rings (SSSR count). The van der Waals surface area contributed by atoms with E-state index in [2.05, 4.69) is 0 Å². The molecule has 0 fully saturated rings. The fourth-order valence-corrected chi connectivity index (χ4v) is 1.75. The molecule has 0 aromatic heterocycles. The Morgan fingerprint density at radius 2 is 1.67 bits per heavy atom. The summed E-state index contributed by atoms with van der Waals surface area (Å²) in [7, 11) is 0. The van der Waals surface area contributed by atoms with Crippen LogP contribution in [-0.4, -0.2) is 11.1 Å². The summed E-state index contributed by atoms with van der Waals surface area (Å²) >= 11 is 0. The molecular weight excluding hydrogens is 224 g/mol. The van der Waals surface area contributed by atoms with Crippen molar-refractivity contribution in [3.05, 3.63) is 65.7 Å². The molecule has 0 atom stereocenters. The fraction of sp³-hybridized carbons (Fsp3) is 0.0625. The molecule has 0 heterocycles. The van der Waals surface area contributed by atoms with Gasteiger partial charge in [-0.1, -0.05) is 48.5 Å². The highest BCUT2D eigenvalue weighted by atomic mass is 16.4. The van der Waals surface area contributed by atoms with E-state index in [1.54, 1.807) is 13.0 Å². The van der Waals surface area contributed by atoms with E-state index < -0.39 is 5.97 Å². The van der Waals surface area contributed by atoms with Crippen molar-refractivity contribution in [2.24, 2.45) is 0 Å². The average Bonchev–Trinajstić information content (AvgIpc) is 2.40. The Morgan fingerprint density at radius 3 is 2.33 bits per heavy atom. The number of rotatable bonds is 3.